The Hall–Kier alpha value is -2.61. The maximum atomic E-state index is 12.0. The van der Waals surface area contributed by atoms with E-state index < -0.39 is 18.5 Å². The summed E-state index contributed by atoms with van der Waals surface area (Å²) < 4.78 is 15.2. The molecule has 0 fully saturated rings. The van der Waals surface area contributed by atoms with Crippen molar-refractivity contribution in [1.29, 1.82) is 0 Å². The van der Waals surface area contributed by atoms with Crippen LogP contribution in [0.25, 0.3) is 0 Å². The van der Waals surface area contributed by atoms with Gasteiger partial charge in [-0.3, -0.25) is 10.1 Å². The summed E-state index contributed by atoms with van der Waals surface area (Å²) in [5.41, 5.74) is 1.08. The van der Waals surface area contributed by atoms with E-state index in [1.54, 1.807) is 6.07 Å². The number of benzene rings is 1. The van der Waals surface area contributed by atoms with Gasteiger partial charge in [0.1, 0.15) is 0 Å². The second kappa shape index (κ2) is 7.59. The number of carbonyl (C=O) groups is 2. The number of ether oxygens (including phenoxy) is 3. The predicted octanol–water partition coefficient (Wildman–Crippen LogP) is 2.26. The number of anilines is 1. The van der Waals surface area contributed by atoms with Gasteiger partial charge in [-0.05, 0) is 25.1 Å². The summed E-state index contributed by atoms with van der Waals surface area (Å²) in [5.74, 6) is -0.171. The van der Waals surface area contributed by atoms with E-state index >= 15 is 0 Å². The maximum Gasteiger partial charge on any atom is 0.338 e. The van der Waals surface area contributed by atoms with Crippen molar-refractivity contribution >= 4 is 28.3 Å². The molecule has 0 spiro atoms. The van der Waals surface area contributed by atoms with Crippen LogP contribution in [-0.4, -0.2) is 37.7 Å². The number of thiazole rings is 1. The Labute approximate surface area is 137 Å². The first-order valence-electron chi connectivity index (χ1n) is 6.64. The van der Waals surface area contributed by atoms with Crippen molar-refractivity contribution in [3.05, 3.63) is 34.8 Å². The average molecular weight is 336 g/mol. The lowest BCUT2D eigenvalue weighted by molar-refractivity contribution is -0.119. The number of carbonyl (C=O) groups excluding carboxylic acids is 2. The van der Waals surface area contributed by atoms with Crippen molar-refractivity contribution < 1.29 is 23.8 Å². The lowest BCUT2D eigenvalue weighted by Gasteiger charge is -2.09. The molecule has 0 aliphatic rings. The van der Waals surface area contributed by atoms with Gasteiger partial charge in [0.05, 0.1) is 25.5 Å². The molecule has 0 aliphatic heterocycles. The molecule has 8 heteroatoms. The normalized spacial score (nSPS) is 10.0. The second-order valence-electron chi connectivity index (χ2n) is 4.49. The highest BCUT2D eigenvalue weighted by Gasteiger charge is 2.14. The number of rotatable bonds is 6. The molecule has 23 heavy (non-hydrogen) atoms. The van der Waals surface area contributed by atoms with E-state index in [9.17, 15) is 9.59 Å². The molecule has 0 bridgehead atoms. The average Bonchev–Trinajstić information content (AvgIpc) is 2.96. The Morgan fingerprint density at radius 2 is 1.96 bits per heavy atom. The van der Waals surface area contributed by atoms with E-state index in [2.05, 4.69) is 10.3 Å². The maximum absolute atomic E-state index is 12.0. The molecule has 2 aromatic rings. The number of aromatic nitrogens is 1. The van der Waals surface area contributed by atoms with Crippen LogP contribution in [0.15, 0.2) is 23.6 Å². The minimum absolute atomic E-state index is 0.264. The van der Waals surface area contributed by atoms with Crippen LogP contribution < -0.4 is 14.8 Å². The number of aryl methyl sites for hydroxylation is 1. The fourth-order valence-electron chi connectivity index (χ4n) is 1.74. The number of nitrogens with one attached hydrogen (secondary N) is 1. The number of nitrogens with zero attached hydrogens (tertiary/aromatic N) is 1. The molecule has 2 rings (SSSR count). The van der Waals surface area contributed by atoms with Gasteiger partial charge in [-0.15, -0.1) is 11.3 Å². The number of hydrogen-bond donors (Lipinski definition) is 1. The minimum atomic E-state index is -0.628. The zero-order valence-corrected chi connectivity index (χ0v) is 13.7. The van der Waals surface area contributed by atoms with Gasteiger partial charge in [-0.1, -0.05) is 0 Å². The fraction of sp³-hybridized carbons (Fsp3) is 0.267. The fourth-order valence-corrected chi connectivity index (χ4v) is 2.45. The molecular formula is C15H16N2O5S. The van der Waals surface area contributed by atoms with Crippen molar-refractivity contribution in [3.8, 4) is 11.5 Å². The summed E-state index contributed by atoms with van der Waals surface area (Å²) in [5, 5.41) is 4.83. The largest absolute Gasteiger partial charge is 0.493 e. The van der Waals surface area contributed by atoms with Crippen LogP contribution >= 0.6 is 11.3 Å². The molecular weight excluding hydrogens is 320 g/mol. The molecule has 0 aliphatic carbocycles. The van der Waals surface area contributed by atoms with E-state index in [1.165, 1.54) is 37.7 Å². The zero-order chi connectivity index (χ0) is 16.8. The van der Waals surface area contributed by atoms with Gasteiger partial charge in [0.2, 0.25) is 0 Å². The Morgan fingerprint density at radius 1 is 1.22 bits per heavy atom. The van der Waals surface area contributed by atoms with Crippen molar-refractivity contribution in [2.45, 2.75) is 6.92 Å². The van der Waals surface area contributed by atoms with Crippen LogP contribution in [0.4, 0.5) is 5.13 Å². The van der Waals surface area contributed by atoms with Crippen LogP contribution in [0.5, 0.6) is 11.5 Å². The first-order chi connectivity index (χ1) is 11.0. The molecule has 1 aromatic carbocycles. The van der Waals surface area contributed by atoms with Gasteiger partial charge in [0, 0.05) is 5.38 Å². The van der Waals surface area contributed by atoms with Crippen LogP contribution in [0.3, 0.4) is 0 Å². The molecule has 1 N–H and O–H groups in total. The zero-order valence-electron chi connectivity index (χ0n) is 12.9. The smallest absolute Gasteiger partial charge is 0.338 e. The number of hydrogen-bond acceptors (Lipinski definition) is 7. The standard InChI is InChI=1S/C15H16N2O5S/c1-9-8-23-15(16-9)17-13(18)7-22-14(19)10-4-5-11(20-2)12(6-10)21-3/h4-6,8H,7H2,1-3H3,(H,16,17,18). The van der Waals surface area contributed by atoms with Gasteiger partial charge in [-0.25, -0.2) is 9.78 Å². The van der Waals surface area contributed by atoms with Crippen LogP contribution in [0, 0.1) is 6.92 Å². The second-order valence-corrected chi connectivity index (χ2v) is 5.35. The molecule has 1 amide bonds. The third kappa shape index (κ3) is 4.43. The van der Waals surface area contributed by atoms with Crippen LogP contribution in [0.2, 0.25) is 0 Å². The van der Waals surface area contributed by atoms with Crippen molar-refractivity contribution in [3.63, 3.8) is 0 Å². The summed E-state index contributed by atoms with van der Waals surface area (Å²) in [6.07, 6.45) is 0. The Morgan fingerprint density at radius 3 is 2.57 bits per heavy atom. The Kier molecular flexibility index (Phi) is 5.53. The van der Waals surface area contributed by atoms with E-state index in [1.807, 2.05) is 12.3 Å². The highest BCUT2D eigenvalue weighted by Crippen LogP contribution is 2.27. The molecule has 0 atom stereocenters. The summed E-state index contributed by atoms with van der Waals surface area (Å²) in [6.45, 7) is 1.43. The number of esters is 1. The van der Waals surface area contributed by atoms with Gasteiger partial charge in [0.15, 0.2) is 23.2 Å². The number of amides is 1. The third-order valence-corrected chi connectivity index (χ3v) is 3.69. The molecule has 1 heterocycles. The molecule has 7 nitrogen and oxygen atoms in total. The summed E-state index contributed by atoms with van der Waals surface area (Å²) in [4.78, 5) is 27.8. The quantitative estimate of drug-likeness (QED) is 0.814. The van der Waals surface area contributed by atoms with Gasteiger partial charge in [0.25, 0.3) is 5.91 Å². The Balaban J connectivity index is 1.92. The van der Waals surface area contributed by atoms with Crippen LogP contribution in [-0.2, 0) is 9.53 Å². The van der Waals surface area contributed by atoms with Gasteiger partial charge < -0.3 is 14.2 Å². The van der Waals surface area contributed by atoms with Crippen LogP contribution in [0.1, 0.15) is 16.1 Å². The van der Waals surface area contributed by atoms with E-state index in [0.29, 0.717) is 16.6 Å². The van der Waals surface area contributed by atoms with Crippen molar-refractivity contribution in [2.24, 2.45) is 0 Å². The Bertz CT molecular complexity index is 714. The first kappa shape index (κ1) is 16.8. The monoisotopic (exact) mass is 336 g/mol. The molecule has 0 saturated heterocycles. The van der Waals surface area contributed by atoms with E-state index in [-0.39, 0.29) is 5.56 Å². The van der Waals surface area contributed by atoms with Gasteiger partial charge in [-0.2, -0.15) is 0 Å². The predicted molar refractivity (Wildman–Crippen MR) is 85.3 cm³/mol. The topological polar surface area (TPSA) is 86.8 Å². The SMILES string of the molecule is COc1ccc(C(=O)OCC(=O)Nc2nc(C)cs2)cc1OC. The highest BCUT2D eigenvalue weighted by molar-refractivity contribution is 7.13. The molecule has 122 valence electrons. The highest BCUT2D eigenvalue weighted by atomic mass is 32.1. The van der Waals surface area contributed by atoms with Gasteiger partial charge >= 0.3 is 5.97 Å². The summed E-state index contributed by atoms with van der Waals surface area (Å²) in [6, 6.07) is 4.61. The summed E-state index contributed by atoms with van der Waals surface area (Å²) >= 11 is 1.30. The lowest BCUT2D eigenvalue weighted by atomic mass is 10.2. The van der Waals surface area contributed by atoms with E-state index in [0.717, 1.165) is 5.69 Å². The molecule has 0 unspecified atom stereocenters. The van der Waals surface area contributed by atoms with Crippen molar-refractivity contribution in [1.82, 2.24) is 4.98 Å². The summed E-state index contributed by atoms with van der Waals surface area (Å²) in [7, 11) is 2.97. The number of methoxy groups -OCH3 is 2. The van der Waals surface area contributed by atoms with E-state index in [4.69, 9.17) is 14.2 Å². The first-order valence-corrected chi connectivity index (χ1v) is 7.52. The molecule has 0 saturated carbocycles. The lowest BCUT2D eigenvalue weighted by Crippen LogP contribution is -2.20. The van der Waals surface area contributed by atoms with Crippen molar-refractivity contribution in [2.75, 3.05) is 26.1 Å². The minimum Gasteiger partial charge on any atom is -0.493 e. The molecule has 0 radical (unpaired) electrons. The molecule has 1 aromatic heterocycles. The third-order valence-electron chi connectivity index (χ3n) is 2.82.